The Balaban J connectivity index is 2.99. The van der Waals surface area contributed by atoms with Crippen LogP contribution in [0.4, 0.5) is 0 Å². The minimum Gasteiger partial charge on any atom is -0.379 e. The lowest BCUT2D eigenvalue weighted by atomic mass is 10.5. The molecule has 80 valence electrons. The molecule has 2 atom stereocenters. The zero-order chi connectivity index (χ0) is 10.1. The Bertz CT molecular complexity index is 114. The number of ether oxygens (including phenoxy) is 1. The topological polar surface area (TPSA) is 61.7 Å². The van der Waals surface area contributed by atoms with Gasteiger partial charge in [0.15, 0.2) is 6.29 Å². The van der Waals surface area contributed by atoms with Crippen LogP contribution in [0, 0.1) is 0 Å². The zero-order valence-corrected chi connectivity index (χ0v) is 9.01. The number of nitrogens with one attached hydrogen (secondary N) is 1. The van der Waals surface area contributed by atoms with Gasteiger partial charge < -0.3 is 14.9 Å². The molecule has 2 unspecified atom stereocenters. The van der Waals surface area contributed by atoms with Crippen LogP contribution in [0.3, 0.4) is 0 Å². The molecule has 13 heavy (non-hydrogen) atoms. The van der Waals surface area contributed by atoms with E-state index in [-0.39, 0.29) is 0 Å². The first-order valence-corrected chi connectivity index (χ1v) is 5.52. The van der Waals surface area contributed by atoms with Crippen molar-refractivity contribution in [3.05, 3.63) is 0 Å². The van der Waals surface area contributed by atoms with Crippen molar-refractivity contribution in [3.63, 3.8) is 0 Å². The van der Waals surface area contributed by atoms with Crippen molar-refractivity contribution in [2.75, 3.05) is 25.2 Å². The van der Waals surface area contributed by atoms with E-state index in [1.165, 1.54) is 7.11 Å². The van der Waals surface area contributed by atoms with Crippen LogP contribution >= 0.6 is 11.8 Å². The minimum atomic E-state index is -0.641. The summed E-state index contributed by atoms with van der Waals surface area (Å²) >= 11 is 1.73. The van der Waals surface area contributed by atoms with E-state index in [1.54, 1.807) is 18.7 Å². The molecule has 0 aliphatic carbocycles. The van der Waals surface area contributed by atoms with Gasteiger partial charge in [0.25, 0.3) is 0 Å². The lowest BCUT2D eigenvalue weighted by Crippen LogP contribution is -2.27. The molecule has 0 aromatic rings. The first kappa shape index (κ1) is 13.2. The third kappa shape index (κ3) is 10.1. The third-order valence-electron chi connectivity index (χ3n) is 1.47. The molecule has 0 spiro atoms. The van der Waals surface area contributed by atoms with Crippen LogP contribution in [0.1, 0.15) is 13.3 Å². The number of aliphatic hydroxyl groups is 2. The van der Waals surface area contributed by atoms with Crippen LogP contribution in [0.25, 0.3) is 0 Å². The third-order valence-corrected chi connectivity index (χ3v) is 2.48. The van der Waals surface area contributed by atoms with Crippen LogP contribution in [0.15, 0.2) is 0 Å². The second-order valence-corrected chi connectivity index (χ2v) is 3.95. The molecule has 0 aliphatic heterocycles. The maximum atomic E-state index is 9.01. The molecule has 0 rings (SSSR count). The van der Waals surface area contributed by atoms with Crippen LogP contribution in [0.5, 0.6) is 0 Å². The second kappa shape index (κ2) is 8.77. The van der Waals surface area contributed by atoms with Crippen molar-refractivity contribution in [2.45, 2.75) is 25.9 Å². The Kier molecular flexibility index (Phi) is 8.90. The van der Waals surface area contributed by atoms with Crippen molar-refractivity contribution in [2.24, 2.45) is 0 Å². The van der Waals surface area contributed by atoms with Gasteiger partial charge in [-0.3, -0.25) is 5.32 Å². The Hall–Kier alpha value is 0.190. The number of aliphatic hydroxyl groups excluding tert-OH is 2. The fourth-order valence-corrected chi connectivity index (χ4v) is 1.58. The molecule has 5 heteroatoms. The number of hydrogen-bond donors (Lipinski definition) is 3. The Labute approximate surface area is 83.7 Å². The average Bonchev–Trinajstić information content (AvgIpc) is 2.10. The summed E-state index contributed by atoms with van der Waals surface area (Å²) in [7, 11) is 1.49. The van der Waals surface area contributed by atoms with Crippen molar-refractivity contribution in [1.29, 1.82) is 0 Å². The van der Waals surface area contributed by atoms with Gasteiger partial charge in [-0.25, -0.2) is 0 Å². The van der Waals surface area contributed by atoms with E-state index in [0.29, 0.717) is 6.42 Å². The second-order valence-electron chi connectivity index (χ2n) is 2.72. The van der Waals surface area contributed by atoms with Gasteiger partial charge in [-0.2, -0.15) is 11.8 Å². The van der Waals surface area contributed by atoms with Gasteiger partial charge in [0.1, 0.15) is 6.23 Å². The Morgan fingerprint density at radius 3 is 2.62 bits per heavy atom. The fourth-order valence-electron chi connectivity index (χ4n) is 0.744. The molecule has 0 saturated heterocycles. The molecule has 0 amide bonds. The maximum Gasteiger partial charge on any atom is 0.154 e. The molecule has 0 aromatic heterocycles. The van der Waals surface area contributed by atoms with E-state index in [0.717, 1.165) is 18.1 Å². The number of methoxy groups -OCH3 is 1. The van der Waals surface area contributed by atoms with Crippen LogP contribution in [0.2, 0.25) is 0 Å². The first-order valence-electron chi connectivity index (χ1n) is 4.37. The highest BCUT2D eigenvalue weighted by Gasteiger charge is 2.00. The molecule has 4 nitrogen and oxygen atoms in total. The first-order chi connectivity index (χ1) is 6.16. The molecule has 0 aliphatic rings. The lowest BCUT2D eigenvalue weighted by Gasteiger charge is -2.08. The zero-order valence-electron chi connectivity index (χ0n) is 8.19. The number of thioether (sulfide) groups is 1. The van der Waals surface area contributed by atoms with Gasteiger partial charge in [-0.15, -0.1) is 0 Å². The number of hydrogen-bond acceptors (Lipinski definition) is 5. The lowest BCUT2D eigenvalue weighted by molar-refractivity contribution is -0.0740. The van der Waals surface area contributed by atoms with Gasteiger partial charge in [0, 0.05) is 25.8 Å². The van der Waals surface area contributed by atoms with E-state index >= 15 is 0 Å². The van der Waals surface area contributed by atoms with Crippen molar-refractivity contribution in [3.8, 4) is 0 Å². The summed E-state index contributed by atoms with van der Waals surface area (Å²) in [4.78, 5) is 0. The average molecular weight is 209 g/mol. The van der Waals surface area contributed by atoms with Gasteiger partial charge in [-0.1, -0.05) is 0 Å². The summed E-state index contributed by atoms with van der Waals surface area (Å²) in [6.07, 6.45) is -0.432. The van der Waals surface area contributed by atoms with Crippen LogP contribution in [-0.2, 0) is 4.74 Å². The summed E-state index contributed by atoms with van der Waals surface area (Å²) in [5.74, 6) is 1.80. The predicted molar refractivity (Wildman–Crippen MR) is 54.6 cm³/mol. The highest BCUT2D eigenvalue weighted by atomic mass is 32.2. The monoisotopic (exact) mass is 209 g/mol. The van der Waals surface area contributed by atoms with Crippen molar-refractivity contribution in [1.82, 2.24) is 5.32 Å². The molecule has 0 heterocycles. The van der Waals surface area contributed by atoms with Gasteiger partial charge in [-0.05, 0) is 12.7 Å². The SMILES string of the molecule is COC(O)CCSCCNC(C)O. The number of rotatable bonds is 8. The highest BCUT2D eigenvalue weighted by Crippen LogP contribution is 2.04. The quantitative estimate of drug-likeness (QED) is 0.388. The molecular formula is C8H19NO3S. The molecule has 0 saturated carbocycles. The molecule has 0 bridgehead atoms. The van der Waals surface area contributed by atoms with Crippen LogP contribution in [-0.4, -0.2) is 47.9 Å². The van der Waals surface area contributed by atoms with E-state index in [9.17, 15) is 0 Å². The van der Waals surface area contributed by atoms with E-state index in [2.05, 4.69) is 10.1 Å². The van der Waals surface area contributed by atoms with Gasteiger partial charge in [0.05, 0.1) is 0 Å². The summed E-state index contributed by atoms with van der Waals surface area (Å²) < 4.78 is 4.68. The summed E-state index contributed by atoms with van der Waals surface area (Å²) in [5.41, 5.74) is 0. The summed E-state index contributed by atoms with van der Waals surface area (Å²) in [6.45, 7) is 2.48. The van der Waals surface area contributed by atoms with E-state index in [4.69, 9.17) is 10.2 Å². The van der Waals surface area contributed by atoms with Crippen molar-refractivity contribution < 1.29 is 14.9 Å². The maximum absolute atomic E-state index is 9.01. The molecule has 0 radical (unpaired) electrons. The summed E-state index contributed by atoms with van der Waals surface area (Å²) in [5, 5.41) is 20.8. The predicted octanol–water partition coefficient (Wildman–Crippen LogP) is 0.00240. The Morgan fingerprint density at radius 1 is 1.38 bits per heavy atom. The van der Waals surface area contributed by atoms with Crippen LogP contribution < -0.4 is 5.32 Å². The molecular weight excluding hydrogens is 190 g/mol. The molecule has 0 fully saturated rings. The minimum absolute atomic E-state index is 0.440. The fraction of sp³-hybridized carbons (Fsp3) is 1.00. The molecule has 3 N–H and O–H groups in total. The summed E-state index contributed by atoms with van der Waals surface area (Å²) in [6, 6.07) is 0. The Morgan fingerprint density at radius 2 is 2.08 bits per heavy atom. The van der Waals surface area contributed by atoms with Gasteiger partial charge in [0.2, 0.25) is 0 Å². The normalized spacial score (nSPS) is 15.7. The standard InChI is InChI=1S/C8H19NO3S/c1-7(10)9-4-6-13-5-3-8(11)12-2/h7-11H,3-6H2,1-2H3. The van der Waals surface area contributed by atoms with E-state index in [1.807, 2.05) is 0 Å². The highest BCUT2D eigenvalue weighted by molar-refractivity contribution is 7.99. The largest absolute Gasteiger partial charge is 0.379 e. The van der Waals surface area contributed by atoms with Crippen molar-refractivity contribution >= 4 is 11.8 Å². The van der Waals surface area contributed by atoms with E-state index < -0.39 is 12.5 Å². The smallest absolute Gasteiger partial charge is 0.154 e. The van der Waals surface area contributed by atoms with Gasteiger partial charge >= 0.3 is 0 Å². The molecule has 0 aromatic carbocycles.